The molecule has 1 aromatic rings. The third-order valence-electron chi connectivity index (χ3n) is 2.25. The molecule has 0 spiro atoms. The zero-order valence-corrected chi connectivity index (χ0v) is 9.13. The molecule has 0 aliphatic rings. The van der Waals surface area contributed by atoms with Gasteiger partial charge in [0, 0.05) is 18.3 Å². The van der Waals surface area contributed by atoms with Gasteiger partial charge in [0.2, 0.25) is 0 Å². The van der Waals surface area contributed by atoms with E-state index >= 15 is 0 Å². The summed E-state index contributed by atoms with van der Waals surface area (Å²) in [7, 11) is 0. The fourth-order valence-electron chi connectivity index (χ4n) is 1.45. The molecule has 3 nitrogen and oxygen atoms in total. The number of hydrogen-bond donors (Lipinski definition) is 3. The summed E-state index contributed by atoms with van der Waals surface area (Å²) >= 11 is 0. The van der Waals surface area contributed by atoms with E-state index in [0.717, 1.165) is 12.1 Å². The molecule has 0 heterocycles. The molecule has 0 bridgehead atoms. The number of nitrogen functional groups attached to an aromatic ring is 1. The van der Waals surface area contributed by atoms with Crippen molar-refractivity contribution in [3.05, 3.63) is 23.8 Å². The van der Waals surface area contributed by atoms with Gasteiger partial charge in [-0.3, -0.25) is 0 Å². The highest BCUT2D eigenvalue weighted by Crippen LogP contribution is 2.23. The van der Waals surface area contributed by atoms with Crippen molar-refractivity contribution in [2.45, 2.75) is 25.8 Å². The van der Waals surface area contributed by atoms with Crippen molar-refractivity contribution in [1.29, 1.82) is 0 Å². The minimum absolute atomic E-state index is 0.0589. The number of aliphatic hydroxyl groups excluding tert-OH is 1. The first-order valence-electron chi connectivity index (χ1n) is 5.16. The number of nitrogens with one attached hydrogen (secondary N) is 1. The SMILES string of the molecule is CC(CCCO)Nc1c(F)cc(N)cc1F. The van der Waals surface area contributed by atoms with Gasteiger partial charge in [0.1, 0.15) is 5.69 Å². The van der Waals surface area contributed by atoms with Crippen LogP contribution in [0.4, 0.5) is 20.2 Å². The summed E-state index contributed by atoms with van der Waals surface area (Å²) in [6.45, 7) is 1.86. The Balaban J connectivity index is 2.73. The number of hydrogen-bond acceptors (Lipinski definition) is 3. The van der Waals surface area contributed by atoms with Crippen molar-refractivity contribution in [3.63, 3.8) is 0 Å². The van der Waals surface area contributed by atoms with E-state index in [-0.39, 0.29) is 24.0 Å². The van der Waals surface area contributed by atoms with E-state index < -0.39 is 11.6 Å². The molecule has 0 fully saturated rings. The highest BCUT2D eigenvalue weighted by molar-refractivity contribution is 5.54. The maximum absolute atomic E-state index is 13.4. The zero-order chi connectivity index (χ0) is 12.1. The van der Waals surface area contributed by atoms with Crippen molar-refractivity contribution < 1.29 is 13.9 Å². The number of benzene rings is 1. The molecule has 1 unspecified atom stereocenters. The van der Waals surface area contributed by atoms with Crippen molar-refractivity contribution in [2.24, 2.45) is 0 Å². The maximum Gasteiger partial charge on any atom is 0.151 e. The third kappa shape index (κ3) is 3.34. The van der Waals surface area contributed by atoms with E-state index in [2.05, 4.69) is 5.32 Å². The minimum Gasteiger partial charge on any atom is -0.399 e. The van der Waals surface area contributed by atoms with Gasteiger partial charge in [-0.1, -0.05) is 0 Å². The summed E-state index contributed by atoms with van der Waals surface area (Å²) in [5.74, 6) is -1.40. The van der Waals surface area contributed by atoms with E-state index in [4.69, 9.17) is 10.8 Å². The van der Waals surface area contributed by atoms with Crippen molar-refractivity contribution >= 4 is 11.4 Å². The molecule has 5 heteroatoms. The molecule has 90 valence electrons. The first kappa shape index (κ1) is 12.7. The summed E-state index contributed by atoms with van der Waals surface area (Å²) in [5.41, 5.74) is 5.19. The zero-order valence-electron chi connectivity index (χ0n) is 9.13. The molecule has 16 heavy (non-hydrogen) atoms. The van der Waals surface area contributed by atoms with Crippen molar-refractivity contribution in [3.8, 4) is 0 Å². The van der Waals surface area contributed by atoms with Crippen LogP contribution in [0.15, 0.2) is 12.1 Å². The highest BCUT2D eigenvalue weighted by atomic mass is 19.1. The molecule has 1 rings (SSSR count). The predicted octanol–water partition coefficient (Wildman–Crippen LogP) is 2.12. The summed E-state index contributed by atoms with van der Waals surface area (Å²) in [6, 6.07) is 2.04. The van der Waals surface area contributed by atoms with Crippen LogP contribution in [0, 0.1) is 11.6 Å². The summed E-state index contributed by atoms with van der Waals surface area (Å²) in [5, 5.41) is 11.4. The fourth-order valence-corrected chi connectivity index (χ4v) is 1.45. The van der Waals surface area contributed by atoms with Gasteiger partial charge >= 0.3 is 0 Å². The Morgan fingerprint density at radius 2 is 1.94 bits per heavy atom. The quantitative estimate of drug-likeness (QED) is 0.679. The Hall–Kier alpha value is -1.36. The first-order valence-corrected chi connectivity index (χ1v) is 5.16. The topological polar surface area (TPSA) is 58.3 Å². The number of nitrogens with two attached hydrogens (primary N) is 1. The highest BCUT2D eigenvalue weighted by Gasteiger charge is 2.12. The maximum atomic E-state index is 13.4. The van der Waals surface area contributed by atoms with Crippen molar-refractivity contribution in [2.75, 3.05) is 17.7 Å². The lowest BCUT2D eigenvalue weighted by Crippen LogP contribution is -2.17. The second-order valence-corrected chi connectivity index (χ2v) is 3.77. The molecule has 1 aromatic carbocycles. The van der Waals surface area contributed by atoms with Gasteiger partial charge in [0.05, 0.1) is 0 Å². The molecule has 0 radical (unpaired) electrons. The Labute approximate surface area is 93.3 Å². The summed E-state index contributed by atoms with van der Waals surface area (Å²) in [6.07, 6.45) is 1.23. The van der Waals surface area contributed by atoms with Crippen LogP contribution in [-0.4, -0.2) is 17.8 Å². The Kier molecular flexibility index (Phi) is 4.49. The lowest BCUT2D eigenvalue weighted by atomic mass is 10.1. The average molecular weight is 230 g/mol. The lowest BCUT2D eigenvalue weighted by Gasteiger charge is -2.16. The third-order valence-corrected chi connectivity index (χ3v) is 2.25. The van der Waals surface area contributed by atoms with Crippen LogP contribution in [0.2, 0.25) is 0 Å². The van der Waals surface area contributed by atoms with E-state index in [0.29, 0.717) is 12.8 Å². The summed E-state index contributed by atoms with van der Waals surface area (Å²) < 4.78 is 26.7. The summed E-state index contributed by atoms with van der Waals surface area (Å²) in [4.78, 5) is 0. The largest absolute Gasteiger partial charge is 0.399 e. The first-order chi connectivity index (χ1) is 7.54. The Morgan fingerprint density at radius 3 is 2.44 bits per heavy atom. The van der Waals surface area contributed by atoms with Crippen LogP contribution < -0.4 is 11.1 Å². The number of anilines is 2. The van der Waals surface area contributed by atoms with Gasteiger partial charge in [0.15, 0.2) is 11.6 Å². The normalized spacial score (nSPS) is 12.5. The molecule has 0 aliphatic carbocycles. The van der Waals surface area contributed by atoms with Gasteiger partial charge in [0.25, 0.3) is 0 Å². The smallest absolute Gasteiger partial charge is 0.151 e. The lowest BCUT2D eigenvalue weighted by molar-refractivity contribution is 0.282. The molecule has 0 saturated heterocycles. The van der Waals surface area contributed by atoms with Crippen molar-refractivity contribution in [1.82, 2.24) is 0 Å². The second-order valence-electron chi connectivity index (χ2n) is 3.77. The molecule has 0 aromatic heterocycles. The molecule has 1 atom stereocenters. The van der Waals surface area contributed by atoms with Gasteiger partial charge in [-0.15, -0.1) is 0 Å². The number of rotatable bonds is 5. The van der Waals surface area contributed by atoms with Gasteiger partial charge in [-0.05, 0) is 31.9 Å². The van der Waals surface area contributed by atoms with Crippen LogP contribution in [0.5, 0.6) is 0 Å². The molecule has 0 amide bonds. The number of aliphatic hydroxyl groups is 1. The molecular weight excluding hydrogens is 214 g/mol. The van der Waals surface area contributed by atoms with Crippen LogP contribution in [-0.2, 0) is 0 Å². The molecular formula is C11H16F2N2O. The van der Waals surface area contributed by atoms with Gasteiger partial charge in [-0.25, -0.2) is 8.78 Å². The Morgan fingerprint density at radius 1 is 1.38 bits per heavy atom. The van der Waals surface area contributed by atoms with Crippen LogP contribution in [0.25, 0.3) is 0 Å². The average Bonchev–Trinajstić information content (AvgIpc) is 2.20. The fraction of sp³-hybridized carbons (Fsp3) is 0.455. The standard InChI is InChI=1S/C11H16F2N2O/c1-7(3-2-4-16)15-11-9(12)5-8(14)6-10(11)13/h5-7,15-16H,2-4,14H2,1H3. The minimum atomic E-state index is -0.701. The van der Waals surface area contributed by atoms with Gasteiger partial charge in [-0.2, -0.15) is 0 Å². The van der Waals surface area contributed by atoms with E-state index in [9.17, 15) is 8.78 Å². The predicted molar refractivity (Wildman–Crippen MR) is 60.2 cm³/mol. The molecule has 0 aliphatic heterocycles. The van der Waals surface area contributed by atoms with Crippen LogP contribution >= 0.6 is 0 Å². The van der Waals surface area contributed by atoms with Crippen LogP contribution in [0.1, 0.15) is 19.8 Å². The Bertz CT molecular complexity index is 335. The number of halogens is 2. The molecule has 0 saturated carbocycles. The van der Waals surface area contributed by atoms with E-state index in [1.165, 1.54) is 0 Å². The second kappa shape index (κ2) is 5.65. The monoisotopic (exact) mass is 230 g/mol. The van der Waals surface area contributed by atoms with E-state index in [1.807, 2.05) is 0 Å². The van der Waals surface area contributed by atoms with E-state index in [1.54, 1.807) is 6.92 Å². The van der Waals surface area contributed by atoms with Gasteiger partial charge < -0.3 is 16.2 Å². The van der Waals surface area contributed by atoms with Crippen LogP contribution in [0.3, 0.4) is 0 Å². The molecule has 4 N–H and O–H groups in total.